The molecule has 0 aliphatic heterocycles. The number of nitrogens with two attached hydrogens (primary N) is 1. The van der Waals surface area contributed by atoms with E-state index in [0.29, 0.717) is 12.1 Å². The summed E-state index contributed by atoms with van der Waals surface area (Å²) in [6.45, 7) is 16.5. The van der Waals surface area contributed by atoms with Crippen molar-refractivity contribution in [1.82, 2.24) is 5.32 Å². The number of benzene rings is 2. The molecule has 2 aromatic rings. The number of carbonyl (C=O) groups excluding carboxylic acids is 1. The smallest absolute Gasteiger partial charge is 0.252 e. The molecule has 0 saturated carbocycles. The minimum Gasteiger partial charge on any atom is -0.381 e. The molecule has 6 heteroatoms. The number of aryl methyl sites for hydroxylation is 1. The van der Waals surface area contributed by atoms with Gasteiger partial charge in [-0.05, 0) is 72.8 Å². The van der Waals surface area contributed by atoms with E-state index in [9.17, 15) is 4.79 Å². The maximum atomic E-state index is 12.8. The number of rotatable bonds is 16. The van der Waals surface area contributed by atoms with E-state index in [0.717, 1.165) is 72.5 Å². The van der Waals surface area contributed by atoms with Crippen molar-refractivity contribution in [1.29, 1.82) is 0 Å². The fraction of sp³-hybridized carbons (Fsp3) is 0.433. The van der Waals surface area contributed by atoms with Crippen molar-refractivity contribution in [2.75, 3.05) is 49.3 Å². The fourth-order valence-electron chi connectivity index (χ4n) is 4.52. The molecule has 0 aromatic heterocycles. The highest BCUT2D eigenvalue weighted by atomic mass is 16.1. The number of likely N-dealkylation sites (N-methyl/N-ethyl adjacent to an activating group) is 2. The largest absolute Gasteiger partial charge is 0.381 e. The summed E-state index contributed by atoms with van der Waals surface area (Å²) in [5.74, 6) is -0.258. The van der Waals surface area contributed by atoms with Crippen LogP contribution in [-0.4, -0.2) is 39.6 Å². The Kier molecular flexibility index (Phi) is 11.5. The quantitative estimate of drug-likeness (QED) is 0.213. The lowest BCUT2D eigenvalue weighted by Crippen LogP contribution is -2.30. The van der Waals surface area contributed by atoms with Gasteiger partial charge in [-0.25, -0.2) is 0 Å². The number of amides is 1. The maximum Gasteiger partial charge on any atom is 0.252 e. The third-order valence-corrected chi connectivity index (χ3v) is 6.71. The summed E-state index contributed by atoms with van der Waals surface area (Å²) >= 11 is 0. The number of carbonyl (C=O) groups is 1. The molecular weight excluding hydrogens is 446 g/mol. The highest BCUT2D eigenvalue weighted by Gasteiger charge is 2.26. The maximum absolute atomic E-state index is 12.8. The minimum absolute atomic E-state index is 0.196. The summed E-state index contributed by atoms with van der Waals surface area (Å²) in [6, 6.07) is 8.78. The molecule has 6 nitrogen and oxygen atoms in total. The Morgan fingerprint density at radius 3 is 2.56 bits per heavy atom. The van der Waals surface area contributed by atoms with Crippen molar-refractivity contribution in [3.63, 3.8) is 0 Å². The van der Waals surface area contributed by atoms with Crippen LogP contribution in [0.25, 0.3) is 11.1 Å². The van der Waals surface area contributed by atoms with Crippen LogP contribution in [0.5, 0.6) is 0 Å². The second-order valence-corrected chi connectivity index (χ2v) is 9.30. The lowest BCUT2D eigenvalue weighted by atomic mass is 9.85. The van der Waals surface area contributed by atoms with Crippen molar-refractivity contribution in [3.8, 4) is 11.1 Å². The van der Waals surface area contributed by atoms with Crippen LogP contribution in [0.15, 0.2) is 49.7 Å². The molecule has 5 N–H and O–H groups in total. The summed E-state index contributed by atoms with van der Waals surface area (Å²) in [6.07, 6.45) is 7.73. The molecule has 1 amide bonds. The number of anilines is 3. The van der Waals surface area contributed by atoms with E-state index < -0.39 is 5.91 Å². The fourth-order valence-corrected chi connectivity index (χ4v) is 4.52. The molecule has 0 saturated heterocycles. The predicted octanol–water partition coefficient (Wildman–Crippen LogP) is 6.12. The first-order chi connectivity index (χ1) is 17.3. The highest BCUT2D eigenvalue weighted by molar-refractivity contribution is 6.07. The van der Waals surface area contributed by atoms with Gasteiger partial charge in [0.05, 0.1) is 16.9 Å². The van der Waals surface area contributed by atoms with Crippen molar-refractivity contribution in [3.05, 3.63) is 66.4 Å². The van der Waals surface area contributed by atoms with Crippen LogP contribution in [-0.2, 0) is 6.42 Å². The lowest BCUT2D eigenvalue weighted by molar-refractivity contribution is 0.100. The van der Waals surface area contributed by atoms with Crippen molar-refractivity contribution in [2.45, 2.75) is 52.4 Å². The van der Waals surface area contributed by atoms with Crippen LogP contribution >= 0.6 is 0 Å². The Bertz CT molecular complexity index is 1050. The zero-order chi connectivity index (χ0) is 26.7. The summed E-state index contributed by atoms with van der Waals surface area (Å²) in [4.78, 5) is 14.9. The molecule has 0 aliphatic carbocycles. The van der Waals surface area contributed by atoms with Gasteiger partial charge in [-0.3, -0.25) is 4.79 Å². The van der Waals surface area contributed by atoms with Crippen LogP contribution < -0.4 is 26.6 Å². The summed E-state index contributed by atoms with van der Waals surface area (Å²) in [5, 5.41) is 10.0. The van der Waals surface area contributed by atoms with E-state index in [2.05, 4.69) is 79.0 Å². The van der Waals surface area contributed by atoms with E-state index in [1.165, 1.54) is 5.56 Å². The SMILES string of the molecule is C=CCNc1cc(-c2cc(N(C)CCNC)c(C(N)=O)c(NC=C)c2[C@H](C)CC)ccc1CCCC. The number of nitrogens with zero attached hydrogens (tertiary/aromatic N) is 1. The van der Waals surface area contributed by atoms with Crippen LogP contribution in [0, 0.1) is 0 Å². The summed E-state index contributed by atoms with van der Waals surface area (Å²) < 4.78 is 0. The molecule has 2 rings (SSSR count). The molecular formula is C30H45N5O. The molecule has 2 aromatic carbocycles. The standard InChI is InChI=1S/C30H45N5O/c1-8-12-13-22-14-15-23(19-25(22)34-16-9-2)24-20-26(35(7)18-17-32-6)28(30(31)36)29(33-11-4)27(24)21(5)10-3/h9,11,14-15,19-21,32-34H,2,4,8,10,12-13,16-18H2,1,3,5-7H3,(H2,31,36)/t21-/m1/s1. The zero-order valence-electron chi connectivity index (χ0n) is 22.8. The Labute approximate surface area is 218 Å². The van der Waals surface area contributed by atoms with Gasteiger partial charge in [-0.2, -0.15) is 0 Å². The van der Waals surface area contributed by atoms with Crippen molar-refractivity contribution < 1.29 is 4.79 Å². The number of hydrogen-bond acceptors (Lipinski definition) is 5. The molecule has 0 radical (unpaired) electrons. The van der Waals surface area contributed by atoms with E-state index in [-0.39, 0.29) is 5.92 Å². The molecule has 0 bridgehead atoms. The van der Waals surface area contributed by atoms with Crippen molar-refractivity contribution in [2.24, 2.45) is 5.73 Å². The molecule has 0 unspecified atom stereocenters. The molecule has 36 heavy (non-hydrogen) atoms. The zero-order valence-corrected chi connectivity index (χ0v) is 22.8. The second kappa shape index (κ2) is 14.3. The average Bonchev–Trinajstić information content (AvgIpc) is 2.88. The third kappa shape index (κ3) is 6.91. The number of unbranched alkanes of at least 4 members (excludes halogenated alkanes) is 1. The third-order valence-electron chi connectivity index (χ3n) is 6.71. The van der Waals surface area contributed by atoms with Gasteiger partial charge in [0.2, 0.25) is 0 Å². The van der Waals surface area contributed by atoms with Crippen LogP contribution in [0.4, 0.5) is 17.1 Å². The molecule has 0 aliphatic rings. The van der Waals surface area contributed by atoms with Crippen LogP contribution in [0.1, 0.15) is 67.4 Å². The Balaban J connectivity index is 2.89. The van der Waals surface area contributed by atoms with Gasteiger partial charge >= 0.3 is 0 Å². The molecule has 0 heterocycles. The van der Waals surface area contributed by atoms with E-state index in [4.69, 9.17) is 5.73 Å². The van der Waals surface area contributed by atoms with Gasteiger partial charge < -0.3 is 26.6 Å². The number of hydrogen-bond donors (Lipinski definition) is 4. The van der Waals surface area contributed by atoms with Crippen molar-refractivity contribution >= 4 is 23.0 Å². The lowest BCUT2D eigenvalue weighted by Gasteiger charge is -2.29. The normalized spacial score (nSPS) is 11.6. The van der Waals surface area contributed by atoms with E-state index >= 15 is 0 Å². The highest BCUT2D eigenvalue weighted by Crippen LogP contribution is 2.44. The molecule has 196 valence electrons. The number of primary amides is 1. The summed E-state index contributed by atoms with van der Waals surface area (Å²) in [5.41, 5.74) is 13.7. The first kappa shape index (κ1) is 29.0. The monoisotopic (exact) mass is 491 g/mol. The summed E-state index contributed by atoms with van der Waals surface area (Å²) in [7, 11) is 3.91. The average molecular weight is 492 g/mol. The Hall–Kier alpha value is -3.25. The second-order valence-electron chi connectivity index (χ2n) is 9.30. The number of nitrogens with one attached hydrogen (secondary N) is 3. The van der Waals surface area contributed by atoms with E-state index in [1.807, 2.05) is 20.2 Å². The molecule has 1 atom stereocenters. The van der Waals surface area contributed by atoms with Gasteiger partial charge in [0.15, 0.2) is 0 Å². The Morgan fingerprint density at radius 2 is 1.97 bits per heavy atom. The van der Waals surface area contributed by atoms with Gasteiger partial charge in [0, 0.05) is 32.4 Å². The molecule has 0 fully saturated rings. The van der Waals surface area contributed by atoms with Gasteiger partial charge in [-0.1, -0.05) is 52.0 Å². The predicted molar refractivity (Wildman–Crippen MR) is 157 cm³/mol. The van der Waals surface area contributed by atoms with Gasteiger partial charge in [0.1, 0.15) is 0 Å². The minimum atomic E-state index is -0.454. The molecule has 0 spiro atoms. The van der Waals surface area contributed by atoms with Crippen LogP contribution in [0.3, 0.4) is 0 Å². The van der Waals surface area contributed by atoms with Crippen LogP contribution in [0.2, 0.25) is 0 Å². The Morgan fingerprint density at radius 1 is 1.22 bits per heavy atom. The first-order valence-electron chi connectivity index (χ1n) is 13.1. The van der Waals surface area contributed by atoms with Gasteiger partial charge in [0.25, 0.3) is 5.91 Å². The van der Waals surface area contributed by atoms with E-state index in [1.54, 1.807) is 6.20 Å². The topological polar surface area (TPSA) is 82.4 Å². The van der Waals surface area contributed by atoms with Gasteiger partial charge in [-0.15, -0.1) is 6.58 Å². The first-order valence-corrected chi connectivity index (χ1v) is 13.1.